The van der Waals surface area contributed by atoms with Gasteiger partial charge in [0.1, 0.15) is 13.2 Å². The van der Waals surface area contributed by atoms with Gasteiger partial charge < -0.3 is 19.9 Å². The third-order valence-electron chi connectivity index (χ3n) is 4.08. The van der Waals surface area contributed by atoms with Crippen molar-refractivity contribution in [2.75, 3.05) is 13.2 Å². The third kappa shape index (κ3) is 5.59. The van der Waals surface area contributed by atoms with Crippen molar-refractivity contribution in [1.82, 2.24) is 5.32 Å². The van der Waals surface area contributed by atoms with E-state index in [4.69, 9.17) is 14.6 Å². The van der Waals surface area contributed by atoms with Gasteiger partial charge in [-0.15, -0.1) is 0 Å². The van der Waals surface area contributed by atoms with E-state index >= 15 is 0 Å². The molecule has 2 N–H and O–H groups in total. The number of rotatable bonds is 9. The summed E-state index contributed by atoms with van der Waals surface area (Å²) in [7, 11) is 0. The molecule has 0 aromatic heterocycles. The minimum atomic E-state index is -0.270. The van der Waals surface area contributed by atoms with Gasteiger partial charge in [0, 0.05) is 12.1 Å². The van der Waals surface area contributed by atoms with Crippen molar-refractivity contribution in [3.05, 3.63) is 95.6 Å². The van der Waals surface area contributed by atoms with Gasteiger partial charge in [-0.3, -0.25) is 4.79 Å². The summed E-state index contributed by atoms with van der Waals surface area (Å²) >= 11 is 0. The van der Waals surface area contributed by atoms with Crippen molar-refractivity contribution in [3.63, 3.8) is 0 Å². The largest absolute Gasteiger partial charge is 0.485 e. The molecule has 0 aliphatic heterocycles. The molecule has 0 bridgehead atoms. The molecule has 144 valence electrons. The van der Waals surface area contributed by atoms with Crippen LogP contribution in [0.4, 0.5) is 0 Å². The van der Waals surface area contributed by atoms with E-state index in [1.54, 1.807) is 18.2 Å². The molecule has 3 aromatic carbocycles. The zero-order valence-corrected chi connectivity index (χ0v) is 15.5. The van der Waals surface area contributed by atoms with Gasteiger partial charge in [-0.1, -0.05) is 60.7 Å². The molecule has 0 saturated carbocycles. The number of nitrogens with one attached hydrogen (secondary N) is 1. The van der Waals surface area contributed by atoms with E-state index in [-0.39, 0.29) is 19.1 Å². The highest BCUT2D eigenvalue weighted by atomic mass is 16.5. The lowest BCUT2D eigenvalue weighted by Crippen LogP contribution is -2.26. The first kappa shape index (κ1) is 19.5. The third-order valence-corrected chi connectivity index (χ3v) is 4.08. The lowest BCUT2D eigenvalue weighted by atomic mass is 10.1. The second kappa shape index (κ2) is 10.1. The molecule has 3 aromatic rings. The van der Waals surface area contributed by atoms with Crippen LogP contribution in [0.15, 0.2) is 78.9 Å². The van der Waals surface area contributed by atoms with Crippen LogP contribution in [0.25, 0.3) is 0 Å². The molecule has 28 heavy (non-hydrogen) atoms. The van der Waals surface area contributed by atoms with Gasteiger partial charge >= 0.3 is 0 Å². The van der Waals surface area contributed by atoms with Gasteiger partial charge in [0.05, 0.1) is 6.61 Å². The van der Waals surface area contributed by atoms with Crippen LogP contribution in [0, 0.1) is 0 Å². The average Bonchev–Trinajstić information content (AvgIpc) is 2.76. The molecule has 0 atom stereocenters. The average molecular weight is 377 g/mol. The molecular weight excluding hydrogens is 354 g/mol. The fourth-order valence-electron chi connectivity index (χ4n) is 2.62. The minimum Gasteiger partial charge on any atom is -0.485 e. The summed E-state index contributed by atoms with van der Waals surface area (Å²) in [5.74, 6) is 0.795. The van der Waals surface area contributed by atoms with E-state index in [1.165, 1.54) is 0 Å². The lowest BCUT2D eigenvalue weighted by molar-refractivity contribution is 0.0944. The highest BCUT2D eigenvalue weighted by molar-refractivity contribution is 5.94. The SMILES string of the molecule is O=C(NCCO)c1ccc(OCc2ccccc2)c(OCc2ccccc2)c1. The van der Waals surface area contributed by atoms with Crippen molar-refractivity contribution < 1.29 is 19.4 Å². The second-order valence-corrected chi connectivity index (χ2v) is 6.19. The number of aliphatic hydroxyl groups excluding tert-OH is 1. The quantitative estimate of drug-likeness (QED) is 0.598. The first-order chi connectivity index (χ1) is 13.8. The van der Waals surface area contributed by atoms with Gasteiger partial charge in [0.2, 0.25) is 0 Å². The van der Waals surface area contributed by atoms with Gasteiger partial charge in [-0.05, 0) is 29.3 Å². The molecular formula is C23H23NO4. The molecule has 3 rings (SSSR count). The number of hydrogen-bond donors (Lipinski definition) is 2. The highest BCUT2D eigenvalue weighted by Crippen LogP contribution is 2.30. The van der Waals surface area contributed by atoms with Crippen LogP contribution in [0.5, 0.6) is 11.5 Å². The smallest absolute Gasteiger partial charge is 0.251 e. The summed E-state index contributed by atoms with van der Waals surface area (Å²) in [5, 5.41) is 11.5. The normalized spacial score (nSPS) is 10.3. The number of hydrogen-bond acceptors (Lipinski definition) is 4. The Kier molecular flexibility index (Phi) is 7.04. The molecule has 5 heteroatoms. The fraction of sp³-hybridized carbons (Fsp3) is 0.174. The molecule has 5 nitrogen and oxygen atoms in total. The molecule has 0 radical (unpaired) electrons. The predicted molar refractivity (Wildman–Crippen MR) is 107 cm³/mol. The standard InChI is InChI=1S/C23H23NO4/c25-14-13-24-23(26)20-11-12-21(27-16-18-7-3-1-4-8-18)22(15-20)28-17-19-9-5-2-6-10-19/h1-12,15,25H,13-14,16-17H2,(H,24,26). The van der Waals surface area contributed by atoms with Crippen molar-refractivity contribution in [2.45, 2.75) is 13.2 Å². The predicted octanol–water partition coefficient (Wildman–Crippen LogP) is 3.57. The van der Waals surface area contributed by atoms with E-state index in [0.717, 1.165) is 11.1 Å². The Bertz CT molecular complexity index is 882. The molecule has 0 spiro atoms. The van der Waals surface area contributed by atoms with E-state index in [2.05, 4.69) is 5.32 Å². The van der Waals surface area contributed by atoms with E-state index < -0.39 is 0 Å². The summed E-state index contributed by atoms with van der Waals surface area (Å²) in [6, 6.07) is 24.7. The topological polar surface area (TPSA) is 67.8 Å². The molecule has 0 aliphatic rings. The molecule has 0 saturated heterocycles. The fourth-order valence-corrected chi connectivity index (χ4v) is 2.62. The zero-order chi connectivity index (χ0) is 19.6. The summed E-state index contributed by atoms with van der Waals surface area (Å²) in [6.45, 7) is 0.857. The van der Waals surface area contributed by atoms with Crippen LogP contribution in [-0.2, 0) is 13.2 Å². The van der Waals surface area contributed by atoms with E-state index in [0.29, 0.717) is 30.3 Å². The number of ether oxygens (including phenoxy) is 2. The molecule has 0 fully saturated rings. The highest BCUT2D eigenvalue weighted by Gasteiger charge is 2.12. The summed E-state index contributed by atoms with van der Waals surface area (Å²) in [4.78, 5) is 12.2. The molecule has 1 amide bonds. The van der Waals surface area contributed by atoms with Crippen LogP contribution in [-0.4, -0.2) is 24.2 Å². The number of aliphatic hydroxyl groups is 1. The Morgan fingerprint density at radius 3 is 1.93 bits per heavy atom. The van der Waals surface area contributed by atoms with Crippen LogP contribution in [0.3, 0.4) is 0 Å². The van der Waals surface area contributed by atoms with E-state index in [9.17, 15) is 4.79 Å². The van der Waals surface area contributed by atoms with Crippen LogP contribution in [0.2, 0.25) is 0 Å². The second-order valence-electron chi connectivity index (χ2n) is 6.19. The molecule has 0 heterocycles. The van der Waals surface area contributed by atoms with Crippen LogP contribution in [0.1, 0.15) is 21.5 Å². The Morgan fingerprint density at radius 2 is 1.36 bits per heavy atom. The molecule has 0 unspecified atom stereocenters. The zero-order valence-electron chi connectivity index (χ0n) is 15.5. The van der Waals surface area contributed by atoms with Crippen molar-refractivity contribution in [1.29, 1.82) is 0 Å². The number of carbonyl (C=O) groups excluding carboxylic acids is 1. The van der Waals surface area contributed by atoms with Gasteiger partial charge in [0.25, 0.3) is 5.91 Å². The summed E-state index contributed by atoms with van der Waals surface area (Å²) < 4.78 is 11.9. The Labute approximate surface area is 164 Å². The van der Waals surface area contributed by atoms with Crippen molar-refractivity contribution in [2.24, 2.45) is 0 Å². The molecule has 0 aliphatic carbocycles. The van der Waals surface area contributed by atoms with Gasteiger partial charge in [0.15, 0.2) is 11.5 Å². The monoisotopic (exact) mass is 377 g/mol. The number of carbonyl (C=O) groups is 1. The van der Waals surface area contributed by atoms with Crippen molar-refractivity contribution in [3.8, 4) is 11.5 Å². The maximum atomic E-state index is 12.2. The number of amides is 1. The van der Waals surface area contributed by atoms with Crippen LogP contribution < -0.4 is 14.8 Å². The lowest BCUT2D eigenvalue weighted by Gasteiger charge is -2.14. The van der Waals surface area contributed by atoms with Crippen molar-refractivity contribution >= 4 is 5.91 Å². The maximum absolute atomic E-state index is 12.2. The summed E-state index contributed by atoms with van der Waals surface area (Å²) in [5.41, 5.74) is 2.51. The minimum absolute atomic E-state index is 0.110. The van der Waals surface area contributed by atoms with Gasteiger partial charge in [-0.25, -0.2) is 0 Å². The first-order valence-corrected chi connectivity index (χ1v) is 9.13. The first-order valence-electron chi connectivity index (χ1n) is 9.13. The number of benzene rings is 3. The Balaban J connectivity index is 1.77. The Hall–Kier alpha value is -3.31. The maximum Gasteiger partial charge on any atom is 0.251 e. The Morgan fingerprint density at radius 1 is 0.786 bits per heavy atom. The summed E-state index contributed by atoms with van der Waals surface area (Å²) in [6.07, 6.45) is 0. The van der Waals surface area contributed by atoms with Gasteiger partial charge in [-0.2, -0.15) is 0 Å². The van der Waals surface area contributed by atoms with Crippen LogP contribution >= 0.6 is 0 Å². The van der Waals surface area contributed by atoms with E-state index in [1.807, 2.05) is 60.7 Å².